The van der Waals surface area contributed by atoms with Crippen molar-refractivity contribution in [3.05, 3.63) is 27.7 Å². The minimum atomic E-state index is -0.839. The van der Waals surface area contributed by atoms with Crippen molar-refractivity contribution in [1.29, 1.82) is 0 Å². The van der Waals surface area contributed by atoms with E-state index < -0.39 is 17.8 Å². The van der Waals surface area contributed by atoms with Gasteiger partial charge in [-0.3, -0.25) is 20.2 Å². The normalized spacial score (nSPS) is 14.4. The van der Waals surface area contributed by atoms with Crippen LogP contribution in [0, 0.1) is 0 Å². The Bertz CT molecular complexity index is 647. The molecule has 21 heavy (non-hydrogen) atoms. The Hall–Kier alpha value is -2.35. The molecule has 0 spiro atoms. The third-order valence-corrected chi connectivity index (χ3v) is 3.43. The molecule has 0 unspecified atom stereocenters. The van der Waals surface area contributed by atoms with Crippen LogP contribution in [-0.2, 0) is 9.59 Å². The second-order valence-electron chi connectivity index (χ2n) is 4.02. The average molecular weight is 355 g/mol. The van der Waals surface area contributed by atoms with Gasteiger partial charge in [-0.2, -0.15) is 0 Å². The van der Waals surface area contributed by atoms with Crippen LogP contribution < -0.4 is 20.1 Å². The Morgan fingerprint density at radius 2 is 1.52 bits per heavy atom. The first kappa shape index (κ1) is 15.0. The number of hydrogen-bond acceptors (Lipinski definition) is 5. The van der Waals surface area contributed by atoms with E-state index in [1.807, 2.05) is 10.6 Å². The highest BCUT2D eigenvalue weighted by atomic mass is 79.9. The zero-order chi connectivity index (χ0) is 15.6. The molecule has 1 aromatic carbocycles. The summed E-state index contributed by atoms with van der Waals surface area (Å²) in [7, 11) is 2.97. The first-order valence-electron chi connectivity index (χ1n) is 5.76. The molecule has 0 radical (unpaired) electrons. The van der Waals surface area contributed by atoms with Gasteiger partial charge in [-0.15, -0.1) is 0 Å². The lowest BCUT2D eigenvalue weighted by molar-refractivity contribution is -0.123. The summed E-state index contributed by atoms with van der Waals surface area (Å²) >= 11 is 3.32. The number of imide groups is 2. The molecule has 2 rings (SSSR count). The van der Waals surface area contributed by atoms with Crippen LogP contribution in [0.3, 0.4) is 0 Å². The van der Waals surface area contributed by atoms with Gasteiger partial charge in [-0.1, -0.05) is 15.9 Å². The van der Waals surface area contributed by atoms with Gasteiger partial charge in [0, 0.05) is 4.47 Å². The Morgan fingerprint density at radius 3 is 2.05 bits per heavy atom. The van der Waals surface area contributed by atoms with E-state index in [-0.39, 0.29) is 5.57 Å². The second kappa shape index (κ2) is 5.96. The zero-order valence-electron chi connectivity index (χ0n) is 11.2. The van der Waals surface area contributed by atoms with Gasteiger partial charge in [0.2, 0.25) is 0 Å². The van der Waals surface area contributed by atoms with Gasteiger partial charge in [-0.25, -0.2) is 4.79 Å². The summed E-state index contributed by atoms with van der Waals surface area (Å²) in [5, 5.41) is 4.00. The lowest BCUT2D eigenvalue weighted by Gasteiger charge is -2.15. The molecule has 8 heteroatoms. The van der Waals surface area contributed by atoms with Gasteiger partial charge in [0.05, 0.1) is 14.2 Å². The third-order valence-electron chi connectivity index (χ3n) is 2.75. The maximum atomic E-state index is 11.7. The summed E-state index contributed by atoms with van der Waals surface area (Å²) in [5.74, 6) is -0.574. The highest BCUT2D eigenvalue weighted by molar-refractivity contribution is 9.10. The summed E-state index contributed by atoms with van der Waals surface area (Å²) in [5.41, 5.74) is 0.352. The van der Waals surface area contributed by atoms with E-state index in [1.165, 1.54) is 20.3 Å². The van der Waals surface area contributed by atoms with E-state index >= 15 is 0 Å². The van der Waals surface area contributed by atoms with E-state index in [2.05, 4.69) is 15.9 Å². The fourth-order valence-corrected chi connectivity index (χ4v) is 2.18. The molecular formula is C13H11BrN2O5. The molecule has 7 nitrogen and oxygen atoms in total. The van der Waals surface area contributed by atoms with E-state index in [0.29, 0.717) is 21.5 Å². The minimum absolute atomic E-state index is 0.178. The van der Waals surface area contributed by atoms with Gasteiger partial charge in [0.15, 0.2) is 11.5 Å². The maximum Gasteiger partial charge on any atom is 0.328 e. The van der Waals surface area contributed by atoms with Crippen LogP contribution in [0.25, 0.3) is 6.08 Å². The highest BCUT2D eigenvalue weighted by Gasteiger charge is 2.28. The highest BCUT2D eigenvalue weighted by Crippen LogP contribution is 2.34. The van der Waals surface area contributed by atoms with Crippen LogP contribution in [0.1, 0.15) is 5.56 Å². The molecule has 0 bridgehead atoms. The van der Waals surface area contributed by atoms with Crippen molar-refractivity contribution in [2.45, 2.75) is 0 Å². The van der Waals surface area contributed by atoms with Crippen LogP contribution in [0.2, 0.25) is 0 Å². The summed E-state index contributed by atoms with van der Waals surface area (Å²) < 4.78 is 10.9. The number of hydrogen-bond donors (Lipinski definition) is 2. The molecule has 0 saturated carbocycles. The molecule has 1 heterocycles. The standard InChI is InChI=1S/C13H11BrN2O5/c1-20-9-4-6(8(14)5-10(9)21-2)3-7-11(17)15-13(19)16-12(7)18/h3-5H,1-2H3,(H2,15,16,17,18,19). The maximum absolute atomic E-state index is 11.7. The first-order valence-corrected chi connectivity index (χ1v) is 6.55. The Kier molecular flexibility index (Phi) is 4.27. The number of carbonyl (C=O) groups is 3. The molecule has 1 aliphatic rings. The van der Waals surface area contributed by atoms with Crippen LogP contribution in [0.15, 0.2) is 22.2 Å². The molecule has 110 valence electrons. The summed E-state index contributed by atoms with van der Waals surface area (Å²) in [6.07, 6.45) is 1.35. The number of barbiturate groups is 1. The molecular weight excluding hydrogens is 344 g/mol. The van der Waals surface area contributed by atoms with Crippen molar-refractivity contribution < 1.29 is 23.9 Å². The predicted molar refractivity (Wildman–Crippen MR) is 76.9 cm³/mol. The number of amides is 4. The van der Waals surface area contributed by atoms with E-state index in [9.17, 15) is 14.4 Å². The smallest absolute Gasteiger partial charge is 0.328 e. The zero-order valence-corrected chi connectivity index (χ0v) is 12.7. The molecule has 2 N–H and O–H groups in total. The lowest BCUT2D eigenvalue weighted by atomic mass is 10.1. The fourth-order valence-electron chi connectivity index (χ4n) is 1.74. The lowest BCUT2D eigenvalue weighted by Crippen LogP contribution is -2.51. The SMILES string of the molecule is COc1cc(Br)c(C=C2C(=O)NC(=O)NC2=O)cc1OC. The monoisotopic (exact) mass is 354 g/mol. The molecule has 0 aromatic heterocycles. The van der Waals surface area contributed by atoms with Crippen molar-refractivity contribution in [3.63, 3.8) is 0 Å². The van der Waals surface area contributed by atoms with E-state index in [1.54, 1.807) is 12.1 Å². The van der Waals surface area contributed by atoms with Gasteiger partial charge in [-0.05, 0) is 23.8 Å². The third kappa shape index (κ3) is 3.05. The molecule has 1 saturated heterocycles. The number of nitrogens with one attached hydrogen (secondary N) is 2. The van der Waals surface area contributed by atoms with Crippen molar-refractivity contribution in [2.24, 2.45) is 0 Å². The number of halogens is 1. The molecule has 0 aliphatic carbocycles. The fraction of sp³-hybridized carbons (Fsp3) is 0.154. The van der Waals surface area contributed by atoms with Crippen LogP contribution in [-0.4, -0.2) is 32.1 Å². The molecule has 1 aromatic rings. The Balaban J connectivity index is 2.47. The van der Waals surface area contributed by atoms with E-state index in [0.717, 1.165) is 0 Å². The summed E-state index contributed by atoms with van der Waals surface area (Å²) in [4.78, 5) is 34.3. The second-order valence-corrected chi connectivity index (χ2v) is 4.88. The minimum Gasteiger partial charge on any atom is -0.493 e. The average Bonchev–Trinajstić information content (AvgIpc) is 2.43. The number of carbonyl (C=O) groups excluding carboxylic acids is 3. The van der Waals surface area contributed by atoms with E-state index in [4.69, 9.17) is 9.47 Å². The molecule has 1 fully saturated rings. The van der Waals surface area contributed by atoms with Crippen LogP contribution >= 0.6 is 15.9 Å². The van der Waals surface area contributed by atoms with Gasteiger partial charge in [0.25, 0.3) is 11.8 Å². The quantitative estimate of drug-likeness (QED) is 0.628. The van der Waals surface area contributed by atoms with Crippen LogP contribution in [0.5, 0.6) is 11.5 Å². The topological polar surface area (TPSA) is 93.7 Å². The van der Waals surface area contributed by atoms with Gasteiger partial charge < -0.3 is 9.47 Å². The van der Waals surface area contributed by atoms with Gasteiger partial charge in [0.1, 0.15) is 5.57 Å². The van der Waals surface area contributed by atoms with Crippen LogP contribution in [0.4, 0.5) is 4.79 Å². The van der Waals surface area contributed by atoms with Crippen molar-refractivity contribution in [2.75, 3.05) is 14.2 Å². The Labute approximate surface area is 128 Å². The number of benzene rings is 1. The first-order chi connectivity index (χ1) is 9.96. The summed E-state index contributed by atoms with van der Waals surface area (Å²) in [6.45, 7) is 0. The Morgan fingerprint density at radius 1 is 1.00 bits per heavy atom. The number of methoxy groups -OCH3 is 2. The van der Waals surface area contributed by atoms with Crippen molar-refractivity contribution in [3.8, 4) is 11.5 Å². The summed E-state index contributed by atoms with van der Waals surface area (Å²) in [6, 6.07) is 2.41. The number of urea groups is 1. The van der Waals surface area contributed by atoms with Crippen molar-refractivity contribution in [1.82, 2.24) is 10.6 Å². The molecule has 0 atom stereocenters. The number of rotatable bonds is 3. The van der Waals surface area contributed by atoms with Gasteiger partial charge >= 0.3 is 6.03 Å². The van der Waals surface area contributed by atoms with Crippen molar-refractivity contribution >= 4 is 39.9 Å². The number of ether oxygens (including phenoxy) is 2. The molecule has 1 aliphatic heterocycles. The molecule has 4 amide bonds. The predicted octanol–water partition coefficient (Wildman–Crippen LogP) is 1.22. The largest absolute Gasteiger partial charge is 0.493 e.